The average Bonchev–Trinajstić information content (AvgIpc) is 2.50. The minimum atomic E-state index is -3.65. The van der Waals surface area contributed by atoms with E-state index in [0.29, 0.717) is 37.8 Å². The molecule has 134 valence electrons. The summed E-state index contributed by atoms with van der Waals surface area (Å²) in [4.78, 5) is 14.1. The fourth-order valence-corrected chi connectivity index (χ4v) is 3.80. The van der Waals surface area contributed by atoms with Crippen LogP contribution in [0.1, 0.15) is 31.1 Å². The Morgan fingerprint density at radius 1 is 1.38 bits per heavy atom. The summed E-state index contributed by atoms with van der Waals surface area (Å²) in [5, 5.41) is 0. The monoisotopic (exact) mass is 354 g/mol. The number of benzene rings is 1. The lowest BCUT2D eigenvalue weighted by atomic mass is 9.89. The lowest BCUT2D eigenvalue weighted by Crippen LogP contribution is -2.48. The van der Waals surface area contributed by atoms with Crippen molar-refractivity contribution in [3.05, 3.63) is 29.8 Å². The second-order valence-corrected chi connectivity index (χ2v) is 9.00. The molecule has 24 heavy (non-hydrogen) atoms. The van der Waals surface area contributed by atoms with Crippen LogP contribution in [0.5, 0.6) is 0 Å². The smallest absolute Gasteiger partial charge is 0.253 e. The molecule has 0 aromatic heterocycles. The van der Waals surface area contributed by atoms with Gasteiger partial charge in [-0.1, -0.05) is 26.8 Å². The first-order valence-electron chi connectivity index (χ1n) is 8.06. The van der Waals surface area contributed by atoms with Crippen LogP contribution in [0, 0.1) is 11.3 Å². The fraction of sp³-hybridized carbons (Fsp3) is 0.588. The molecule has 0 unspecified atom stereocenters. The number of rotatable bonds is 7. The molecule has 0 aliphatic carbocycles. The molecule has 1 amide bonds. The molecule has 1 saturated heterocycles. The standard InChI is InChI=1S/C17H26N2O4S/c1-13(2)9-19(4)16(20)14-6-5-7-15(8-14)24(21,22)18-10-17(3)11-23-12-17/h5-8,13,18H,9-12H2,1-4H3. The van der Waals surface area contributed by atoms with Gasteiger partial charge in [-0.05, 0) is 24.1 Å². The zero-order chi connectivity index (χ0) is 18.0. The first-order valence-corrected chi connectivity index (χ1v) is 9.54. The topological polar surface area (TPSA) is 75.7 Å². The number of carbonyl (C=O) groups excluding carboxylic acids is 1. The summed E-state index contributed by atoms with van der Waals surface area (Å²) < 4.78 is 32.7. The van der Waals surface area contributed by atoms with Gasteiger partial charge in [-0.25, -0.2) is 13.1 Å². The van der Waals surface area contributed by atoms with Gasteiger partial charge in [0.15, 0.2) is 0 Å². The highest BCUT2D eigenvalue weighted by molar-refractivity contribution is 7.89. The average molecular weight is 354 g/mol. The van der Waals surface area contributed by atoms with Crippen LogP contribution in [0.15, 0.2) is 29.2 Å². The molecule has 1 N–H and O–H groups in total. The van der Waals surface area contributed by atoms with Crippen LogP contribution in [-0.4, -0.2) is 52.6 Å². The van der Waals surface area contributed by atoms with Crippen LogP contribution in [0.2, 0.25) is 0 Å². The van der Waals surface area contributed by atoms with E-state index < -0.39 is 10.0 Å². The molecule has 1 aromatic carbocycles. The van der Waals surface area contributed by atoms with E-state index in [1.165, 1.54) is 12.1 Å². The Labute approximate surface area is 144 Å². The number of carbonyl (C=O) groups is 1. The highest BCUT2D eigenvalue weighted by Gasteiger charge is 2.34. The molecule has 0 atom stereocenters. The molecule has 1 aliphatic rings. The SMILES string of the molecule is CC(C)CN(C)C(=O)c1cccc(S(=O)(=O)NCC2(C)COC2)c1. The normalized spacial score (nSPS) is 16.7. The molecule has 1 fully saturated rings. The van der Waals surface area contributed by atoms with Gasteiger partial charge >= 0.3 is 0 Å². The fourth-order valence-electron chi connectivity index (χ4n) is 2.55. The van der Waals surface area contributed by atoms with E-state index in [2.05, 4.69) is 4.72 Å². The number of hydrogen-bond acceptors (Lipinski definition) is 4. The van der Waals surface area contributed by atoms with Crippen molar-refractivity contribution in [2.24, 2.45) is 11.3 Å². The molecule has 6 nitrogen and oxygen atoms in total. The molecular weight excluding hydrogens is 328 g/mol. The zero-order valence-corrected chi connectivity index (χ0v) is 15.5. The van der Waals surface area contributed by atoms with Crippen molar-refractivity contribution >= 4 is 15.9 Å². The van der Waals surface area contributed by atoms with Crippen molar-refractivity contribution in [3.8, 4) is 0 Å². The highest BCUT2D eigenvalue weighted by atomic mass is 32.2. The first-order chi connectivity index (χ1) is 11.1. The van der Waals surface area contributed by atoms with Crippen molar-refractivity contribution < 1.29 is 17.9 Å². The van der Waals surface area contributed by atoms with Gasteiger partial charge in [-0.2, -0.15) is 0 Å². The van der Waals surface area contributed by atoms with Gasteiger partial charge in [-0.15, -0.1) is 0 Å². The maximum atomic E-state index is 12.5. The number of hydrogen-bond donors (Lipinski definition) is 1. The van der Waals surface area contributed by atoms with Gasteiger partial charge in [0.25, 0.3) is 5.91 Å². The number of nitrogens with zero attached hydrogens (tertiary/aromatic N) is 1. The lowest BCUT2D eigenvalue weighted by molar-refractivity contribution is -0.0965. The minimum Gasteiger partial charge on any atom is -0.380 e. The predicted molar refractivity (Wildman–Crippen MR) is 92.4 cm³/mol. The Balaban J connectivity index is 2.12. The molecule has 1 aromatic rings. The van der Waals surface area contributed by atoms with Crippen molar-refractivity contribution in [1.82, 2.24) is 9.62 Å². The van der Waals surface area contributed by atoms with E-state index >= 15 is 0 Å². The Morgan fingerprint density at radius 3 is 2.58 bits per heavy atom. The van der Waals surface area contributed by atoms with Crippen molar-refractivity contribution in [2.45, 2.75) is 25.7 Å². The number of nitrogens with one attached hydrogen (secondary N) is 1. The summed E-state index contributed by atoms with van der Waals surface area (Å²) in [6.07, 6.45) is 0. The lowest BCUT2D eigenvalue weighted by Gasteiger charge is -2.37. The third kappa shape index (κ3) is 4.55. The minimum absolute atomic E-state index is 0.107. The molecule has 0 spiro atoms. The number of amides is 1. The van der Waals surface area contributed by atoms with Crippen LogP contribution < -0.4 is 4.72 Å². The molecule has 7 heteroatoms. The molecule has 1 aliphatic heterocycles. The largest absolute Gasteiger partial charge is 0.380 e. The maximum absolute atomic E-state index is 12.5. The number of sulfonamides is 1. The van der Waals surface area contributed by atoms with E-state index in [0.717, 1.165) is 0 Å². The van der Waals surface area contributed by atoms with E-state index in [1.54, 1.807) is 24.1 Å². The van der Waals surface area contributed by atoms with Crippen LogP contribution in [0.3, 0.4) is 0 Å². The first kappa shape index (κ1) is 18.9. The molecular formula is C17H26N2O4S. The van der Waals surface area contributed by atoms with Gasteiger partial charge in [0.05, 0.1) is 18.1 Å². The van der Waals surface area contributed by atoms with Crippen molar-refractivity contribution in [1.29, 1.82) is 0 Å². The Morgan fingerprint density at radius 2 is 2.04 bits per heavy atom. The highest BCUT2D eigenvalue weighted by Crippen LogP contribution is 2.26. The third-order valence-corrected chi connectivity index (χ3v) is 5.37. The van der Waals surface area contributed by atoms with Crippen LogP contribution in [0.25, 0.3) is 0 Å². The van der Waals surface area contributed by atoms with Crippen molar-refractivity contribution in [3.63, 3.8) is 0 Å². The summed E-state index contributed by atoms with van der Waals surface area (Å²) in [7, 11) is -1.93. The van der Waals surface area contributed by atoms with Gasteiger partial charge < -0.3 is 9.64 Å². The predicted octanol–water partition coefficient (Wildman–Crippen LogP) is 1.73. The third-order valence-electron chi connectivity index (χ3n) is 3.97. The van der Waals surface area contributed by atoms with Crippen LogP contribution in [-0.2, 0) is 14.8 Å². The van der Waals surface area contributed by atoms with Gasteiger partial charge in [0, 0.05) is 31.1 Å². The van der Waals surface area contributed by atoms with Gasteiger partial charge in [-0.3, -0.25) is 4.79 Å². The Bertz CT molecular complexity index is 696. The van der Waals surface area contributed by atoms with E-state index in [-0.39, 0.29) is 16.2 Å². The molecule has 1 heterocycles. The van der Waals surface area contributed by atoms with Crippen LogP contribution >= 0.6 is 0 Å². The quantitative estimate of drug-likeness (QED) is 0.809. The summed E-state index contributed by atoms with van der Waals surface area (Å²) in [5.74, 6) is 0.165. The maximum Gasteiger partial charge on any atom is 0.253 e. The van der Waals surface area contributed by atoms with Gasteiger partial charge in [0.2, 0.25) is 10.0 Å². The van der Waals surface area contributed by atoms with E-state index in [1.807, 2.05) is 20.8 Å². The Kier molecular flexibility index (Phi) is 5.67. The summed E-state index contributed by atoms with van der Waals surface area (Å²) >= 11 is 0. The second kappa shape index (κ2) is 7.21. The molecule has 0 radical (unpaired) electrons. The molecule has 2 rings (SSSR count). The zero-order valence-electron chi connectivity index (χ0n) is 14.7. The summed E-state index contributed by atoms with van der Waals surface area (Å²) in [5.41, 5.74) is 0.219. The van der Waals surface area contributed by atoms with E-state index in [4.69, 9.17) is 4.74 Å². The van der Waals surface area contributed by atoms with Crippen molar-refractivity contribution in [2.75, 3.05) is 33.4 Å². The van der Waals surface area contributed by atoms with Crippen LogP contribution in [0.4, 0.5) is 0 Å². The Hall–Kier alpha value is -1.44. The molecule has 0 saturated carbocycles. The molecule has 0 bridgehead atoms. The second-order valence-electron chi connectivity index (χ2n) is 7.24. The number of ether oxygens (including phenoxy) is 1. The van der Waals surface area contributed by atoms with E-state index in [9.17, 15) is 13.2 Å². The summed E-state index contributed by atoms with van der Waals surface area (Å²) in [6.45, 7) is 8.06. The van der Waals surface area contributed by atoms with Gasteiger partial charge in [0.1, 0.15) is 0 Å². The summed E-state index contributed by atoms with van der Waals surface area (Å²) in [6, 6.07) is 6.17.